The van der Waals surface area contributed by atoms with Crippen molar-refractivity contribution < 1.29 is 0 Å². The highest BCUT2D eigenvalue weighted by atomic mass is 15.1. The van der Waals surface area contributed by atoms with Crippen molar-refractivity contribution in [3.05, 3.63) is 0 Å². The first kappa shape index (κ1) is 14.0. The van der Waals surface area contributed by atoms with E-state index < -0.39 is 0 Å². The maximum atomic E-state index is 6.06. The molecule has 1 fully saturated rings. The molecule has 2 nitrogen and oxygen atoms in total. The molecule has 1 heterocycles. The Labute approximate surface area is 102 Å². The van der Waals surface area contributed by atoms with E-state index >= 15 is 0 Å². The molecule has 2 N–H and O–H groups in total. The SMILES string of the molecule is CC(C)C(CN1CCC(N)C(C)C1)C(C)C. The molecule has 1 saturated heterocycles. The summed E-state index contributed by atoms with van der Waals surface area (Å²) >= 11 is 0. The second kappa shape index (κ2) is 6.02. The Morgan fingerprint density at radius 3 is 2.19 bits per heavy atom. The zero-order chi connectivity index (χ0) is 12.3. The van der Waals surface area contributed by atoms with E-state index in [2.05, 4.69) is 39.5 Å². The molecular weight excluding hydrogens is 196 g/mol. The monoisotopic (exact) mass is 226 g/mol. The van der Waals surface area contributed by atoms with Crippen LogP contribution >= 0.6 is 0 Å². The predicted molar refractivity (Wildman–Crippen MR) is 71.4 cm³/mol. The van der Waals surface area contributed by atoms with Crippen molar-refractivity contribution in [3.63, 3.8) is 0 Å². The second-order valence-corrected chi connectivity index (χ2v) is 6.34. The van der Waals surface area contributed by atoms with Gasteiger partial charge in [-0.2, -0.15) is 0 Å². The lowest BCUT2D eigenvalue weighted by Crippen LogP contribution is -2.48. The minimum absolute atomic E-state index is 0.424. The summed E-state index contributed by atoms with van der Waals surface area (Å²) in [5, 5.41) is 0. The molecule has 1 rings (SSSR count). The molecule has 0 saturated carbocycles. The highest BCUT2D eigenvalue weighted by molar-refractivity contribution is 4.82. The fraction of sp³-hybridized carbons (Fsp3) is 1.00. The Kier molecular flexibility index (Phi) is 5.26. The third-order valence-corrected chi connectivity index (χ3v) is 4.24. The molecule has 16 heavy (non-hydrogen) atoms. The van der Waals surface area contributed by atoms with Crippen molar-refractivity contribution in [1.29, 1.82) is 0 Å². The van der Waals surface area contributed by atoms with Crippen LogP contribution in [0.5, 0.6) is 0 Å². The minimum Gasteiger partial charge on any atom is -0.327 e. The van der Waals surface area contributed by atoms with Crippen molar-refractivity contribution >= 4 is 0 Å². The lowest BCUT2D eigenvalue weighted by Gasteiger charge is -2.39. The highest BCUT2D eigenvalue weighted by Crippen LogP contribution is 2.24. The second-order valence-electron chi connectivity index (χ2n) is 6.34. The van der Waals surface area contributed by atoms with Crippen LogP contribution in [0.3, 0.4) is 0 Å². The standard InChI is InChI=1S/C14H30N2/c1-10(2)13(11(3)4)9-16-7-6-14(15)12(5)8-16/h10-14H,6-9,15H2,1-5H3. The van der Waals surface area contributed by atoms with E-state index in [0.29, 0.717) is 12.0 Å². The van der Waals surface area contributed by atoms with Gasteiger partial charge in [0, 0.05) is 19.1 Å². The van der Waals surface area contributed by atoms with Gasteiger partial charge in [-0.1, -0.05) is 34.6 Å². The average molecular weight is 226 g/mol. The first-order valence-electron chi connectivity index (χ1n) is 6.89. The summed E-state index contributed by atoms with van der Waals surface area (Å²) in [7, 11) is 0. The van der Waals surface area contributed by atoms with Gasteiger partial charge < -0.3 is 10.6 Å². The number of likely N-dealkylation sites (tertiary alicyclic amines) is 1. The van der Waals surface area contributed by atoms with Crippen LogP contribution in [-0.4, -0.2) is 30.6 Å². The first-order valence-corrected chi connectivity index (χ1v) is 6.89. The molecule has 96 valence electrons. The number of rotatable bonds is 4. The van der Waals surface area contributed by atoms with Gasteiger partial charge in [-0.3, -0.25) is 0 Å². The van der Waals surface area contributed by atoms with E-state index in [4.69, 9.17) is 5.73 Å². The van der Waals surface area contributed by atoms with Gasteiger partial charge in [0.1, 0.15) is 0 Å². The molecule has 2 heteroatoms. The van der Waals surface area contributed by atoms with Crippen LogP contribution in [0, 0.1) is 23.7 Å². The normalized spacial score (nSPS) is 28.3. The zero-order valence-corrected chi connectivity index (χ0v) is 11.7. The van der Waals surface area contributed by atoms with Gasteiger partial charge in [0.25, 0.3) is 0 Å². The van der Waals surface area contributed by atoms with E-state index in [9.17, 15) is 0 Å². The van der Waals surface area contributed by atoms with Gasteiger partial charge in [0.2, 0.25) is 0 Å². The Bertz CT molecular complexity index is 193. The number of piperidine rings is 1. The van der Waals surface area contributed by atoms with Crippen LogP contribution < -0.4 is 5.73 Å². The average Bonchev–Trinajstić information content (AvgIpc) is 2.18. The van der Waals surface area contributed by atoms with Gasteiger partial charge >= 0.3 is 0 Å². The lowest BCUT2D eigenvalue weighted by molar-refractivity contribution is 0.112. The Morgan fingerprint density at radius 2 is 1.75 bits per heavy atom. The highest BCUT2D eigenvalue weighted by Gasteiger charge is 2.26. The molecule has 0 aromatic heterocycles. The molecule has 0 spiro atoms. The maximum Gasteiger partial charge on any atom is 0.00889 e. The van der Waals surface area contributed by atoms with Crippen LogP contribution in [0.15, 0.2) is 0 Å². The molecule has 2 atom stereocenters. The molecule has 0 aromatic rings. The van der Waals surface area contributed by atoms with Crippen LogP contribution in [0.1, 0.15) is 41.0 Å². The molecule has 1 aliphatic rings. The van der Waals surface area contributed by atoms with Crippen LogP contribution in [0.2, 0.25) is 0 Å². The van der Waals surface area contributed by atoms with Crippen LogP contribution in [0.25, 0.3) is 0 Å². The molecule has 1 aliphatic heterocycles. The van der Waals surface area contributed by atoms with E-state index in [-0.39, 0.29) is 0 Å². The van der Waals surface area contributed by atoms with Gasteiger partial charge in [-0.25, -0.2) is 0 Å². The van der Waals surface area contributed by atoms with Crippen molar-refractivity contribution in [2.24, 2.45) is 29.4 Å². The number of hydrogen-bond acceptors (Lipinski definition) is 2. The summed E-state index contributed by atoms with van der Waals surface area (Å²) < 4.78 is 0. The minimum atomic E-state index is 0.424. The summed E-state index contributed by atoms with van der Waals surface area (Å²) in [5.74, 6) is 3.05. The largest absolute Gasteiger partial charge is 0.327 e. The van der Waals surface area contributed by atoms with E-state index in [1.165, 1.54) is 26.1 Å². The summed E-state index contributed by atoms with van der Waals surface area (Å²) in [5.41, 5.74) is 6.06. The quantitative estimate of drug-likeness (QED) is 0.798. The van der Waals surface area contributed by atoms with Crippen molar-refractivity contribution in [3.8, 4) is 0 Å². The fourth-order valence-electron chi connectivity index (χ4n) is 2.91. The van der Waals surface area contributed by atoms with Gasteiger partial charge in [0.15, 0.2) is 0 Å². The van der Waals surface area contributed by atoms with Crippen LogP contribution in [0.4, 0.5) is 0 Å². The fourth-order valence-corrected chi connectivity index (χ4v) is 2.91. The van der Waals surface area contributed by atoms with Gasteiger partial charge in [0.05, 0.1) is 0 Å². The van der Waals surface area contributed by atoms with E-state index in [1.54, 1.807) is 0 Å². The van der Waals surface area contributed by atoms with Crippen molar-refractivity contribution in [2.45, 2.75) is 47.1 Å². The maximum absolute atomic E-state index is 6.06. The zero-order valence-electron chi connectivity index (χ0n) is 11.7. The van der Waals surface area contributed by atoms with Gasteiger partial charge in [-0.15, -0.1) is 0 Å². The lowest BCUT2D eigenvalue weighted by atomic mass is 9.84. The van der Waals surface area contributed by atoms with Crippen molar-refractivity contribution in [1.82, 2.24) is 4.90 Å². The molecular formula is C14H30N2. The predicted octanol–water partition coefficient (Wildman–Crippen LogP) is 2.58. The number of nitrogens with two attached hydrogens (primary N) is 1. The smallest absolute Gasteiger partial charge is 0.00889 e. The van der Waals surface area contributed by atoms with Gasteiger partial charge in [-0.05, 0) is 36.6 Å². The summed E-state index contributed by atoms with van der Waals surface area (Å²) in [6.07, 6.45) is 1.17. The summed E-state index contributed by atoms with van der Waals surface area (Å²) in [6, 6.07) is 0.424. The molecule has 0 amide bonds. The van der Waals surface area contributed by atoms with Crippen molar-refractivity contribution in [2.75, 3.05) is 19.6 Å². The molecule has 2 unspecified atom stereocenters. The Morgan fingerprint density at radius 1 is 1.19 bits per heavy atom. The van der Waals surface area contributed by atoms with E-state index in [1.807, 2.05) is 0 Å². The third-order valence-electron chi connectivity index (χ3n) is 4.24. The molecule has 0 aromatic carbocycles. The molecule has 0 radical (unpaired) electrons. The first-order chi connectivity index (χ1) is 7.41. The topological polar surface area (TPSA) is 29.3 Å². The Balaban J connectivity index is 2.46. The number of hydrogen-bond donors (Lipinski definition) is 1. The van der Waals surface area contributed by atoms with Crippen LogP contribution in [-0.2, 0) is 0 Å². The summed E-state index contributed by atoms with van der Waals surface area (Å²) in [6.45, 7) is 15.3. The van der Waals surface area contributed by atoms with E-state index in [0.717, 1.165) is 17.8 Å². The molecule has 0 bridgehead atoms. The molecule has 0 aliphatic carbocycles. The number of nitrogens with zero attached hydrogens (tertiary/aromatic N) is 1. The Hall–Kier alpha value is -0.0800. The third kappa shape index (κ3) is 3.74. The summed E-state index contributed by atoms with van der Waals surface area (Å²) in [4.78, 5) is 2.62.